The summed E-state index contributed by atoms with van der Waals surface area (Å²) in [6.07, 6.45) is 0. The summed E-state index contributed by atoms with van der Waals surface area (Å²) in [6.45, 7) is 4.04. The molecular formula is C22H24N2O4S2. The van der Waals surface area contributed by atoms with Crippen LogP contribution in [-0.2, 0) is 21.4 Å². The van der Waals surface area contributed by atoms with Gasteiger partial charge >= 0.3 is 0 Å². The summed E-state index contributed by atoms with van der Waals surface area (Å²) in [4.78, 5) is 12.7. The molecule has 0 saturated heterocycles. The molecule has 0 radical (unpaired) electrons. The number of nitrogens with one attached hydrogen (secondary N) is 2. The molecule has 3 aromatic rings. The lowest BCUT2D eigenvalue weighted by Crippen LogP contribution is -2.46. The van der Waals surface area contributed by atoms with Crippen LogP contribution in [0.5, 0.6) is 5.75 Å². The molecule has 1 aromatic heterocycles. The smallest absolute Gasteiger partial charge is 0.250 e. The number of hydrogen-bond donors (Lipinski definition) is 2. The highest BCUT2D eigenvalue weighted by atomic mass is 32.2. The summed E-state index contributed by atoms with van der Waals surface area (Å²) < 4.78 is 33.4. The second-order valence-electron chi connectivity index (χ2n) is 7.06. The summed E-state index contributed by atoms with van der Waals surface area (Å²) in [7, 11) is -3.75. The Morgan fingerprint density at radius 2 is 1.70 bits per heavy atom. The number of anilines is 1. The topological polar surface area (TPSA) is 84.5 Å². The van der Waals surface area contributed by atoms with E-state index in [1.165, 1.54) is 6.07 Å². The predicted molar refractivity (Wildman–Crippen MR) is 119 cm³/mol. The van der Waals surface area contributed by atoms with Gasteiger partial charge in [-0.3, -0.25) is 4.79 Å². The normalized spacial score (nSPS) is 12.5. The molecule has 158 valence electrons. The highest BCUT2D eigenvalue weighted by molar-refractivity contribution is 7.91. The van der Waals surface area contributed by atoms with Crippen molar-refractivity contribution in [3.05, 3.63) is 77.7 Å². The van der Waals surface area contributed by atoms with Crippen LogP contribution in [-0.4, -0.2) is 20.4 Å². The maximum absolute atomic E-state index is 12.7. The van der Waals surface area contributed by atoms with Crippen molar-refractivity contribution < 1.29 is 17.9 Å². The van der Waals surface area contributed by atoms with E-state index in [9.17, 15) is 13.2 Å². The predicted octanol–water partition coefficient (Wildman–Crippen LogP) is 4.27. The molecule has 1 atom stereocenters. The Bertz CT molecular complexity index is 1050. The summed E-state index contributed by atoms with van der Waals surface area (Å²) in [5.74, 6) is 0.0342. The van der Waals surface area contributed by atoms with Gasteiger partial charge < -0.3 is 10.1 Å². The summed E-state index contributed by atoms with van der Waals surface area (Å²) in [5.41, 5.74) is 1.63. The first-order valence-electron chi connectivity index (χ1n) is 9.48. The highest BCUT2D eigenvalue weighted by Gasteiger charge is 2.28. The molecule has 8 heteroatoms. The van der Waals surface area contributed by atoms with Crippen molar-refractivity contribution in [2.45, 2.75) is 30.7 Å². The van der Waals surface area contributed by atoms with Crippen molar-refractivity contribution in [2.75, 3.05) is 5.32 Å². The molecule has 0 bridgehead atoms. The molecule has 0 unspecified atom stereocenters. The molecule has 0 aliphatic heterocycles. The molecule has 1 amide bonds. The van der Waals surface area contributed by atoms with Gasteiger partial charge in [0.05, 0.1) is 0 Å². The number of benzene rings is 2. The monoisotopic (exact) mass is 444 g/mol. The van der Waals surface area contributed by atoms with Gasteiger partial charge in [-0.15, -0.1) is 11.3 Å². The van der Waals surface area contributed by atoms with Gasteiger partial charge in [-0.05, 0) is 47.2 Å². The maximum Gasteiger partial charge on any atom is 0.250 e. The minimum atomic E-state index is -3.75. The number of thiophene rings is 1. The van der Waals surface area contributed by atoms with E-state index in [2.05, 4.69) is 10.0 Å². The zero-order valence-electron chi connectivity index (χ0n) is 16.7. The number of rotatable bonds is 9. The average Bonchev–Trinajstić information content (AvgIpc) is 3.28. The van der Waals surface area contributed by atoms with E-state index in [4.69, 9.17) is 4.74 Å². The summed E-state index contributed by atoms with van der Waals surface area (Å²) in [6, 6.07) is 19.1. The number of carbonyl (C=O) groups is 1. The fourth-order valence-corrected chi connectivity index (χ4v) is 5.08. The van der Waals surface area contributed by atoms with Crippen LogP contribution in [0.3, 0.4) is 0 Å². The molecule has 6 nitrogen and oxygen atoms in total. The van der Waals surface area contributed by atoms with E-state index in [-0.39, 0.29) is 10.1 Å². The van der Waals surface area contributed by atoms with E-state index < -0.39 is 22.0 Å². The zero-order valence-corrected chi connectivity index (χ0v) is 18.4. The van der Waals surface area contributed by atoms with Gasteiger partial charge in [0.1, 0.15) is 22.6 Å². The molecule has 30 heavy (non-hydrogen) atoms. The van der Waals surface area contributed by atoms with Gasteiger partial charge in [0.15, 0.2) is 0 Å². The van der Waals surface area contributed by atoms with E-state index in [0.29, 0.717) is 18.0 Å². The Kier molecular flexibility index (Phi) is 7.25. The SMILES string of the molecule is CC(C)[C@H](NS(=O)(=O)c1cccs1)C(=O)Nc1ccc(OCc2ccccc2)cc1. The zero-order chi connectivity index (χ0) is 21.6. The fraction of sp³-hybridized carbons (Fsp3) is 0.227. The first-order valence-corrected chi connectivity index (χ1v) is 11.8. The number of ether oxygens (including phenoxy) is 1. The van der Waals surface area contributed by atoms with Crippen LogP contribution >= 0.6 is 11.3 Å². The average molecular weight is 445 g/mol. The third-order valence-electron chi connectivity index (χ3n) is 4.36. The van der Waals surface area contributed by atoms with Gasteiger partial charge in [0.25, 0.3) is 10.0 Å². The molecule has 2 aromatic carbocycles. The van der Waals surface area contributed by atoms with Gasteiger partial charge in [-0.25, -0.2) is 8.42 Å². The van der Waals surface area contributed by atoms with E-state index in [1.54, 1.807) is 49.6 Å². The van der Waals surface area contributed by atoms with Crippen LogP contribution in [0, 0.1) is 5.92 Å². The third-order valence-corrected chi connectivity index (χ3v) is 7.20. The van der Waals surface area contributed by atoms with Crippen LogP contribution in [0.1, 0.15) is 19.4 Å². The van der Waals surface area contributed by atoms with E-state index in [1.807, 2.05) is 30.3 Å². The minimum Gasteiger partial charge on any atom is -0.489 e. The number of carbonyl (C=O) groups excluding carboxylic acids is 1. The fourth-order valence-electron chi connectivity index (χ4n) is 2.73. The van der Waals surface area contributed by atoms with Crippen LogP contribution in [0.4, 0.5) is 5.69 Å². The van der Waals surface area contributed by atoms with Crippen molar-refractivity contribution in [3.8, 4) is 5.75 Å². The van der Waals surface area contributed by atoms with Crippen molar-refractivity contribution in [1.82, 2.24) is 4.72 Å². The Morgan fingerprint density at radius 1 is 1.00 bits per heavy atom. The van der Waals surface area contributed by atoms with Crippen molar-refractivity contribution >= 4 is 33.0 Å². The van der Waals surface area contributed by atoms with E-state index in [0.717, 1.165) is 16.9 Å². The second-order valence-corrected chi connectivity index (χ2v) is 9.95. The third kappa shape index (κ3) is 5.91. The molecule has 0 spiro atoms. The Balaban J connectivity index is 1.61. The van der Waals surface area contributed by atoms with Crippen LogP contribution in [0.25, 0.3) is 0 Å². The maximum atomic E-state index is 12.7. The number of amides is 1. The van der Waals surface area contributed by atoms with Gasteiger partial charge in [-0.2, -0.15) is 4.72 Å². The van der Waals surface area contributed by atoms with Crippen molar-refractivity contribution in [3.63, 3.8) is 0 Å². The molecule has 2 N–H and O–H groups in total. The Hall–Kier alpha value is -2.68. The molecule has 3 rings (SSSR count). The molecular weight excluding hydrogens is 420 g/mol. The lowest BCUT2D eigenvalue weighted by molar-refractivity contribution is -0.118. The lowest BCUT2D eigenvalue weighted by Gasteiger charge is -2.21. The Morgan fingerprint density at radius 3 is 2.30 bits per heavy atom. The first-order chi connectivity index (χ1) is 14.3. The lowest BCUT2D eigenvalue weighted by atomic mass is 10.0. The van der Waals surface area contributed by atoms with Crippen LogP contribution in [0.15, 0.2) is 76.3 Å². The quantitative estimate of drug-likeness (QED) is 0.516. The van der Waals surface area contributed by atoms with Crippen LogP contribution < -0.4 is 14.8 Å². The van der Waals surface area contributed by atoms with Gasteiger partial charge in [0.2, 0.25) is 5.91 Å². The Labute approximate surface area is 181 Å². The summed E-state index contributed by atoms with van der Waals surface area (Å²) >= 11 is 1.11. The van der Waals surface area contributed by atoms with Crippen molar-refractivity contribution in [2.24, 2.45) is 5.92 Å². The molecule has 0 saturated carbocycles. The standard InChI is InChI=1S/C22H24N2O4S2/c1-16(2)21(24-30(26,27)20-9-6-14-29-20)22(25)23-18-10-12-19(13-11-18)28-15-17-7-4-3-5-8-17/h3-14,16,21,24H,15H2,1-2H3,(H,23,25)/t21-/m0/s1. The van der Waals surface area contributed by atoms with E-state index >= 15 is 0 Å². The molecule has 0 aliphatic carbocycles. The minimum absolute atomic E-state index is 0.181. The molecule has 1 heterocycles. The largest absolute Gasteiger partial charge is 0.489 e. The first kappa shape index (κ1) is 22.0. The summed E-state index contributed by atoms with van der Waals surface area (Å²) in [5, 5.41) is 4.46. The number of sulfonamides is 1. The van der Waals surface area contributed by atoms with Gasteiger partial charge in [0, 0.05) is 5.69 Å². The number of hydrogen-bond acceptors (Lipinski definition) is 5. The second kappa shape index (κ2) is 9.88. The van der Waals surface area contributed by atoms with Crippen LogP contribution in [0.2, 0.25) is 0 Å². The molecule has 0 fully saturated rings. The highest BCUT2D eigenvalue weighted by Crippen LogP contribution is 2.20. The van der Waals surface area contributed by atoms with Gasteiger partial charge in [-0.1, -0.05) is 50.2 Å². The van der Waals surface area contributed by atoms with Crippen molar-refractivity contribution in [1.29, 1.82) is 0 Å². The molecule has 0 aliphatic rings.